The summed E-state index contributed by atoms with van der Waals surface area (Å²) < 4.78 is 10.4. The molecule has 0 atom stereocenters. The molecule has 4 rings (SSSR count). The van der Waals surface area contributed by atoms with Crippen LogP contribution in [-0.4, -0.2) is 28.0 Å². The van der Waals surface area contributed by atoms with Crippen LogP contribution in [-0.2, 0) is 4.74 Å². The van der Waals surface area contributed by atoms with E-state index in [1.54, 1.807) is 30.5 Å². The number of nitrogen functional groups attached to an aromatic ring is 1. The van der Waals surface area contributed by atoms with Crippen LogP contribution in [0.2, 0.25) is 0 Å². The summed E-state index contributed by atoms with van der Waals surface area (Å²) in [5.74, 6) is 0.668. The molecule has 8 heteroatoms. The van der Waals surface area contributed by atoms with E-state index in [9.17, 15) is 4.79 Å². The maximum absolute atomic E-state index is 11.5. The molecule has 2 heterocycles. The lowest BCUT2D eigenvalue weighted by molar-refractivity contribution is 0.0600. The number of carbonyl (C=O) groups is 1. The monoisotopic (exact) mass is 387 g/mol. The lowest BCUT2D eigenvalue weighted by atomic mass is 10.2. The third-order valence-corrected chi connectivity index (χ3v) is 4.24. The zero-order chi connectivity index (χ0) is 20.2. The Morgan fingerprint density at radius 1 is 1.00 bits per heavy atom. The van der Waals surface area contributed by atoms with Crippen LogP contribution in [0.15, 0.2) is 67.1 Å². The Hall–Kier alpha value is -4.20. The van der Waals surface area contributed by atoms with Crippen molar-refractivity contribution in [2.24, 2.45) is 0 Å². The van der Waals surface area contributed by atoms with Crippen molar-refractivity contribution in [3.63, 3.8) is 0 Å². The first-order chi connectivity index (χ1) is 14.2. The van der Waals surface area contributed by atoms with Crippen molar-refractivity contribution in [3.8, 4) is 11.6 Å². The van der Waals surface area contributed by atoms with Crippen molar-refractivity contribution in [2.75, 3.05) is 18.2 Å². The molecule has 0 fully saturated rings. The Labute approximate surface area is 166 Å². The fourth-order valence-electron chi connectivity index (χ4n) is 2.79. The Balaban J connectivity index is 1.60. The SMILES string of the molecule is COC(=O)c1ccc(Oc2ncnc(Nc3cccc4ncccc34)c2N)cc1. The number of carbonyl (C=O) groups excluding carboxylic acids is 1. The van der Waals surface area contributed by atoms with Gasteiger partial charge in [0.15, 0.2) is 5.82 Å². The molecule has 2 aromatic heterocycles. The molecule has 0 radical (unpaired) electrons. The van der Waals surface area contributed by atoms with E-state index in [0.717, 1.165) is 16.6 Å². The zero-order valence-corrected chi connectivity index (χ0v) is 15.5. The zero-order valence-electron chi connectivity index (χ0n) is 15.5. The van der Waals surface area contributed by atoms with E-state index < -0.39 is 5.97 Å². The topological polar surface area (TPSA) is 112 Å². The van der Waals surface area contributed by atoms with Gasteiger partial charge in [-0.15, -0.1) is 0 Å². The number of esters is 1. The predicted octanol–water partition coefficient (Wildman–Crippen LogP) is 3.93. The Morgan fingerprint density at radius 2 is 1.83 bits per heavy atom. The number of methoxy groups -OCH3 is 1. The van der Waals surface area contributed by atoms with Gasteiger partial charge in [0.25, 0.3) is 0 Å². The molecule has 4 aromatic rings. The van der Waals surface area contributed by atoms with Gasteiger partial charge in [0.1, 0.15) is 17.8 Å². The summed E-state index contributed by atoms with van der Waals surface area (Å²) in [7, 11) is 1.33. The van der Waals surface area contributed by atoms with Crippen LogP contribution < -0.4 is 15.8 Å². The third kappa shape index (κ3) is 3.77. The number of rotatable bonds is 5. The molecule has 0 aliphatic rings. The predicted molar refractivity (Wildman–Crippen MR) is 109 cm³/mol. The lowest BCUT2D eigenvalue weighted by Gasteiger charge is -2.13. The highest BCUT2D eigenvalue weighted by molar-refractivity contribution is 5.93. The van der Waals surface area contributed by atoms with E-state index in [4.69, 9.17) is 10.5 Å². The van der Waals surface area contributed by atoms with Gasteiger partial charge in [0, 0.05) is 17.3 Å². The van der Waals surface area contributed by atoms with Gasteiger partial charge in [0.05, 0.1) is 18.2 Å². The number of anilines is 3. The molecule has 0 bridgehead atoms. The number of nitrogens with one attached hydrogen (secondary N) is 1. The number of hydrogen-bond donors (Lipinski definition) is 2. The van der Waals surface area contributed by atoms with Crippen LogP contribution in [0.3, 0.4) is 0 Å². The number of pyridine rings is 1. The van der Waals surface area contributed by atoms with Gasteiger partial charge in [-0.1, -0.05) is 6.07 Å². The largest absolute Gasteiger partial charge is 0.465 e. The second kappa shape index (κ2) is 7.81. The molecule has 0 aliphatic carbocycles. The standard InChI is InChI=1S/C21H17N5O3/c1-28-21(27)13-7-9-14(10-8-13)29-20-18(22)19(24-12-25-20)26-17-6-2-5-16-15(17)4-3-11-23-16/h2-12H,22H2,1H3,(H,24,25,26). The molecule has 0 unspecified atom stereocenters. The Bertz CT molecular complexity index is 1170. The summed E-state index contributed by atoms with van der Waals surface area (Å²) in [6.45, 7) is 0. The average Bonchev–Trinajstić information content (AvgIpc) is 2.77. The number of nitrogens with two attached hydrogens (primary N) is 1. The van der Waals surface area contributed by atoms with Crippen LogP contribution in [0, 0.1) is 0 Å². The van der Waals surface area contributed by atoms with E-state index in [1.165, 1.54) is 13.4 Å². The molecule has 0 saturated carbocycles. The highest BCUT2D eigenvalue weighted by atomic mass is 16.5. The molecule has 0 aliphatic heterocycles. The minimum Gasteiger partial charge on any atom is -0.465 e. The molecule has 144 valence electrons. The summed E-state index contributed by atoms with van der Waals surface area (Å²) in [5.41, 5.74) is 8.56. The van der Waals surface area contributed by atoms with Gasteiger partial charge < -0.3 is 20.5 Å². The quantitative estimate of drug-likeness (QED) is 0.495. The molecular weight excluding hydrogens is 370 g/mol. The molecule has 0 amide bonds. The minimum absolute atomic E-state index is 0.201. The maximum atomic E-state index is 11.5. The van der Waals surface area contributed by atoms with Crippen LogP contribution in [0.25, 0.3) is 10.9 Å². The summed E-state index contributed by atoms with van der Waals surface area (Å²) >= 11 is 0. The summed E-state index contributed by atoms with van der Waals surface area (Å²) in [4.78, 5) is 24.2. The number of ether oxygens (including phenoxy) is 2. The molecule has 29 heavy (non-hydrogen) atoms. The first-order valence-electron chi connectivity index (χ1n) is 8.73. The van der Waals surface area contributed by atoms with Gasteiger partial charge >= 0.3 is 5.97 Å². The van der Waals surface area contributed by atoms with Crippen LogP contribution in [0.5, 0.6) is 11.6 Å². The number of nitrogens with zero attached hydrogens (tertiary/aromatic N) is 3. The maximum Gasteiger partial charge on any atom is 0.337 e. The van der Waals surface area contributed by atoms with Crippen molar-refractivity contribution in [3.05, 3.63) is 72.7 Å². The van der Waals surface area contributed by atoms with Crippen LogP contribution in [0.1, 0.15) is 10.4 Å². The van der Waals surface area contributed by atoms with E-state index in [-0.39, 0.29) is 11.6 Å². The van der Waals surface area contributed by atoms with Crippen molar-refractivity contribution < 1.29 is 14.3 Å². The fraction of sp³-hybridized carbons (Fsp3) is 0.0476. The first-order valence-corrected chi connectivity index (χ1v) is 8.73. The normalized spacial score (nSPS) is 10.5. The summed E-state index contributed by atoms with van der Waals surface area (Å²) in [6.07, 6.45) is 3.10. The second-order valence-electron chi connectivity index (χ2n) is 6.06. The average molecular weight is 387 g/mol. The van der Waals surface area contributed by atoms with Crippen LogP contribution in [0.4, 0.5) is 17.2 Å². The van der Waals surface area contributed by atoms with Crippen molar-refractivity contribution in [1.82, 2.24) is 15.0 Å². The number of benzene rings is 2. The fourth-order valence-corrected chi connectivity index (χ4v) is 2.79. The lowest BCUT2D eigenvalue weighted by Crippen LogP contribution is -2.04. The smallest absolute Gasteiger partial charge is 0.337 e. The Morgan fingerprint density at radius 3 is 2.62 bits per heavy atom. The summed E-state index contributed by atoms with van der Waals surface area (Å²) in [6, 6.07) is 16.0. The van der Waals surface area contributed by atoms with E-state index in [2.05, 4.69) is 25.0 Å². The minimum atomic E-state index is -0.422. The highest BCUT2D eigenvalue weighted by Gasteiger charge is 2.13. The molecule has 3 N–H and O–H groups in total. The Kier molecular flexibility index (Phi) is 4.90. The molecule has 8 nitrogen and oxygen atoms in total. The molecule has 0 spiro atoms. The van der Waals surface area contributed by atoms with Gasteiger partial charge in [-0.2, -0.15) is 4.98 Å². The van der Waals surface area contributed by atoms with E-state index in [0.29, 0.717) is 17.1 Å². The van der Waals surface area contributed by atoms with Crippen molar-refractivity contribution in [2.45, 2.75) is 0 Å². The van der Waals surface area contributed by atoms with Gasteiger partial charge in [-0.05, 0) is 48.5 Å². The highest BCUT2D eigenvalue weighted by Crippen LogP contribution is 2.32. The van der Waals surface area contributed by atoms with E-state index in [1.807, 2.05) is 30.3 Å². The van der Waals surface area contributed by atoms with Gasteiger partial charge in [0.2, 0.25) is 5.88 Å². The van der Waals surface area contributed by atoms with Crippen molar-refractivity contribution >= 4 is 34.1 Å². The molecule has 2 aromatic carbocycles. The molecular formula is C21H17N5O3. The van der Waals surface area contributed by atoms with Crippen LogP contribution >= 0.6 is 0 Å². The van der Waals surface area contributed by atoms with Crippen molar-refractivity contribution in [1.29, 1.82) is 0 Å². The molecule has 0 saturated heterocycles. The van der Waals surface area contributed by atoms with E-state index >= 15 is 0 Å². The number of hydrogen-bond acceptors (Lipinski definition) is 8. The third-order valence-electron chi connectivity index (χ3n) is 4.24. The summed E-state index contributed by atoms with van der Waals surface area (Å²) in [5, 5.41) is 4.15. The number of fused-ring (bicyclic) bond motifs is 1. The van der Waals surface area contributed by atoms with Gasteiger partial charge in [-0.3, -0.25) is 4.98 Å². The second-order valence-corrected chi connectivity index (χ2v) is 6.06. The number of aromatic nitrogens is 3. The first kappa shape index (κ1) is 18.2. The van der Waals surface area contributed by atoms with Gasteiger partial charge in [-0.25, -0.2) is 9.78 Å².